The van der Waals surface area contributed by atoms with Gasteiger partial charge in [0.25, 0.3) is 0 Å². The summed E-state index contributed by atoms with van der Waals surface area (Å²) in [5.74, 6) is 1.45. The Morgan fingerprint density at radius 3 is 2.67 bits per heavy atom. The molecule has 1 aliphatic heterocycles. The molecule has 1 aromatic carbocycles. The van der Waals surface area contributed by atoms with Crippen LogP contribution in [0.4, 0.5) is 0 Å². The highest BCUT2D eigenvalue weighted by atomic mass is 16.3. The molecule has 2 heterocycles. The van der Waals surface area contributed by atoms with Gasteiger partial charge >= 0.3 is 0 Å². The van der Waals surface area contributed by atoms with Crippen molar-refractivity contribution in [2.75, 3.05) is 13.1 Å². The van der Waals surface area contributed by atoms with Crippen LogP contribution in [-0.2, 0) is 4.79 Å². The summed E-state index contributed by atoms with van der Waals surface area (Å²) in [6, 6.07) is 7.87. The summed E-state index contributed by atoms with van der Waals surface area (Å²) in [6.45, 7) is 7.90. The van der Waals surface area contributed by atoms with Crippen molar-refractivity contribution in [3.8, 4) is 0 Å². The Hall–Kier alpha value is -1.81. The number of hydrogen-bond acceptors (Lipinski definition) is 3. The van der Waals surface area contributed by atoms with Crippen LogP contribution in [0.15, 0.2) is 28.7 Å². The second kappa shape index (κ2) is 5.53. The minimum absolute atomic E-state index is 0.0402. The summed E-state index contributed by atoms with van der Waals surface area (Å²) >= 11 is 0. The molecule has 1 fully saturated rings. The molecule has 2 unspecified atom stereocenters. The number of aryl methyl sites for hydroxylation is 1. The van der Waals surface area contributed by atoms with E-state index in [1.54, 1.807) is 0 Å². The van der Waals surface area contributed by atoms with Crippen molar-refractivity contribution in [3.05, 3.63) is 35.6 Å². The van der Waals surface area contributed by atoms with E-state index in [2.05, 4.69) is 16.7 Å². The molecule has 1 saturated heterocycles. The maximum absolute atomic E-state index is 12.3. The van der Waals surface area contributed by atoms with Gasteiger partial charge in [-0.2, -0.15) is 0 Å². The maximum Gasteiger partial charge on any atom is 0.223 e. The quantitative estimate of drug-likeness (QED) is 0.908. The fourth-order valence-electron chi connectivity index (χ4n) is 2.90. The van der Waals surface area contributed by atoms with Gasteiger partial charge in [-0.1, -0.05) is 25.1 Å². The van der Waals surface area contributed by atoms with Crippen molar-refractivity contribution in [2.45, 2.75) is 26.8 Å². The molecule has 1 amide bonds. The first kappa shape index (κ1) is 14.1. The molecule has 2 atom stereocenters. The van der Waals surface area contributed by atoms with E-state index >= 15 is 0 Å². The lowest BCUT2D eigenvalue weighted by Gasteiger charge is -2.32. The fourth-order valence-corrected chi connectivity index (χ4v) is 2.90. The molecule has 0 saturated carbocycles. The molecule has 3 rings (SSSR count). The first-order chi connectivity index (χ1) is 10.1. The SMILES string of the molecule is Cc1c(C(C)NC(=O)C(C)C2CNC2)oc2ccccc12. The molecular weight excluding hydrogens is 264 g/mol. The largest absolute Gasteiger partial charge is 0.459 e. The summed E-state index contributed by atoms with van der Waals surface area (Å²) in [4.78, 5) is 12.3. The van der Waals surface area contributed by atoms with E-state index in [0.717, 1.165) is 35.4 Å². The number of furan rings is 1. The fraction of sp³-hybridized carbons (Fsp3) is 0.471. The molecule has 0 bridgehead atoms. The summed E-state index contributed by atoms with van der Waals surface area (Å²) in [5.41, 5.74) is 1.98. The number of fused-ring (bicyclic) bond motifs is 1. The van der Waals surface area contributed by atoms with Gasteiger partial charge in [0.05, 0.1) is 6.04 Å². The molecule has 21 heavy (non-hydrogen) atoms. The number of benzene rings is 1. The Morgan fingerprint density at radius 1 is 1.33 bits per heavy atom. The Morgan fingerprint density at radius 2 is 2.05 bits per heavy atom. The summed E-state index contributed by atoms with van der Waals surface area (Å²) in [5, 5.41) is 7.41. The smallest absolute Gasteiger partial charge is 0.223 e. The van der Waals surface area contributed by atoms with Crippen LogP contribution in [-0.4, -0.2) is 19.0 Å². The number of amides is 1. The van der Waals surface area contributed by atoms with Gasteiger partial charge in [-0.3, -0.25) is 4.79 Å². The van der Waals surface area contributed by atoms with E-state index in [1.807, 2.05) is 39.0 Å². The van der Waals surface area contributed by atoms with Crippen LogP contribution in [0, 0.1) is 18.8 Å². The molecule has 4 heteroatoms. The molecule has 2 N–H and O–H groups in total. The molecule has 1 aromatic heterocycles. The predicted molar refractivity (Wildman–Crippen MR) is 83.0 cm³/mol. The van der Waals surface area contributed by atoms with Crippen LogP contribution >= 0.6 is 0 Å². The number of para-hydroxylation sites is 1. The highest BCUT2D eigenvalue weighted by Crippen LogP contribution is 2.29. The van der Waals surface area contributed by atoms with Crippen molar-refractivity contribution < 1.29 is 9.21 Å². The number of hydrogen-bond donors (Lipinski definition) is 2. The molecule has 4 nitrogen and oxygen atoms in total. The van der Waals surface area contributed by atoms with E-state index in [-0.39, 0.29) is 17.9 Å². The first-order valence-corrected chi connectivity index (χ1v) is 7.57. The van der Waals surface area contributed by atoms with Gasteiger partial charge in [0.15, 0.2) is 0 Å². The molecule has 0 aliphatic carbocycles. The molecule has 112 valence electrons. The van der Waals surface area contributed by atoms with Gasteiger partial charge in [-0.25, -0.2) is 0 Å². The topological polar surface area (TPSA) is 54.3 Å². The van der Waals surface area contributed by atoms with Crippen molar-refractivity contribution in [2.24, 2.45) is 11.8 Å². The zero-order valence-corrected chi connectivity index (χ0v) is 12.8. The van der Waals surface area contributed by atoms with Gasteiger partial charge in [-0.15, -0.1) is 0 Å². The Kier molecular flexibility index (Phi) is 3.72. The predicted octanol–water partition coefficient (Wildman–Crippen LogP) is 2.77. The van der Waals surface area contributed by atoms with Gasteiger partial charge < -0.3 is 15.1 Å². The number of carbonyl (C=O) groups is 1. The van der Waals surface area contributed by atoms with E-state index in [0.29, 0.717) is 5.92 Å². The Labute approximate surface area is 124 Å². The molecule has 2 aromatic rings. The van der Waals surface area contributed by atoms with Crippen molar-refractivity contribution >= 4 is 16.9 Å². The van der Waals surface area contributed by atoms with Crippen LogP contribution in [0.1, 0.15) is 31.2 Å². The minimum Gasteiger partial charge on any atom is -0.459 e. The number of nitrogens with one attached hydrogen (secondary N) is 2. The van der Waals surface area contributed by atoms with Crippen molar-refractivity contribution in [3.63, 3.8) is 0 Å². The van der Waals surface area contributed by atoms with Crippen LogP contribution in [0.3, 0.4) is 0 Å². The Bertz CT molecular complexity index is 658. The highest BCUT2D eigenvalue weighted by molar-refractivity contribution is 5.83. The van der Waals surface area contributed by atoms with Crippen LogP contribution in [0.5, 0.6) is 0 Å². The van der Waals surface area contributed by atoms with E-state index in [9.17, 15) is 4.79 Å². The van der Waals surface area contributed by atoms with E-state index < -0.39 is 0 Å². The van der Waals surface area contributed by atoms with Gasteiger partial charge in [-0.05, 0) is 38.9 Å². The first-order valence-electron chi connectivity index (χ1n) is 7.57. The molecule has 1 aliphatic rings. The van der Waals surface area contributed by atoms with E-state index in [4.69, 9.17) is 4.42 Å². The van der Waals surface area contributed by atoms with Crippen LogP contribution in [0.25, 0.3) is 11.0 Å². The van der Waals surface area contributed by atoms with Gasteiger partial charge in [0.1, 0.15) is 11.3 Å². The highest BCUT2D eigenvalue weighted by Gasteiger charge is 2.30. The standard InChI is InChI=1S/C17H22N2O2/c1-10(13-8-18-9-13)17(20)19-12(3)16-11(2)14-6-4-5-7-15(14)21-16/h4-7,10,12-13,18H,8-9H2,1-3H3,(H,19,20). The third-order valence-electron chi connectivity index (χ3n) is 4.57. The van der Waals surface area contributed by atoms with Gasteiger partial charge in [0, 0.05) is 16.9 Å². The molecule has 0 radical (unpaired) electrons. The summed E-state index contributed by atoms with van der Waals surface area (Å²) in [6.07, 6.45) is 0. The van der Waals surface area contributed by atoms with E-state index in [1.165, 1.54) is 0 Å². The summed E-state index contributed by atoms with van der Waals surface area (Å²) < 4.78 is 5.91. The monoisotopic (exact) mass is 286 g/mol. The number of carbonyl (C=O) groups excluding carboxylic acids is 1. The van der Waals surface area contributed by atoms with Crippen LogP contribution in [0.2, 0.25) is 0 Å². The third-order valence-corrected chi connectivity index (χ3v) is 4.57. The lowest BCUT2D eigenvalue weighted by Crippen LogP contribution is -2.49. The average molecular weight is 286 g/mol. The van der Waals surface area contributed by atoms with Crippen molar-refractivity contribution in [1.82, 2.24) is 10.6 Å². The maximum atomic E-state index is 12.3. The lowest BCUT2D eigenvalue weighted by atomic mass is 9.88. The molecular formula is C17H22N2O2. The summed E-state index contributed by atoms with van der Waals surface area (Å²) in [7, 11) is 0. The van der Waals surface area contributed by atoms with Crippen molar-refractivity contribution in [1.29, 1.82) is 0 Å². The van der Waals surface area contributed by atoms with Crippen LogP contribution < -0.4 is 10.6 Å². The number of rotatable bonds is 4. The lowest BCUT2D eigenvalue weighted by molar-refractivity contribution is -0.127. The zero-order valence-electron chi connectivity index (χ0n) is 12.8. The average Bonchev–Trinajstić information content (AvgIpc) is 2.75. The normalized spacial score (nSPS) is 18.2. The third kappa shape index (κ3) is 2.56. The second-order valence-electron chi connectivity index (χ2n) is 6.02. The second-order valence-corrected chi connectivity index (χ2v) is 6.02. The Balaban J connectivity index is 1.75. The zero-order chi connectivity index (χ0) is 15.0. The molecule has 0 spiro atoms. The minimum atomic E-state index is -0.111. The van der Waals surface area contributed by atoms with Gasteiger partial charge in [0.2, 0.25) is 5.91 Å².